The van der Waals surface area contributed by atoms with Crippen LogP contribution in [-0.4, -0.2) is 35.1 Å². The third-order valence-electron chi connectivity index (χ3n) is 9.02. The SMILES string of the molecule is COc1cccc(Cl)c1C1=CC2(C(=O)OC(C)(C)C)CCC1(NC(=O)c1c(C)c(-c3ccccc3)nc3ccc(Br)cc13)CC2. The lowest BCUT2D eigenvalue weighted by molar-refractivity contribution is -0.167. The topological polar surface area (TPSA) is 77.5 Å². The molecule has 2 bridgehead atoms. The lowest BCUT2D eigenvalue weighted by Crippen LogP contribution is -2.58. The van der Waals surface area contributed by atoms with Crippen molar-refractivity contribution >= 4 is 55.9 Å². The third-order valence-corrected chi connectivity index (χ3v) is 9.83. The molecule has 1 amide bonds. The maximum atomic E-state index is 14.7. The summed E-state index contributed by atoms with van der Waals surface area (Å²) < 4.78 is 12.6. The number of carbonyl (C=O) groups is 2. The molecule has 8 heteroatoms. The number of esters is 1. The van der Waals surface area contributed by atoms with E-state index in [4.69, 9.17) is 26.1 Å². The van der Waals surface area contributed by atoms with Gasteiger partial charge < -0.3 is 14.8 Å². The van der Waals surface area contributed by atoms with Gasteiger partial charge in [-0.3, -0.25) is 9.59 Å². The predicted octanol–water partition coefficient (Wildman–Crippen LogP) is 9.10. The molecule has 1 fully saturated rings. The van der Waals surface area contributed by atoms with E-state index in [-0.39, 0.29) is 11.9 Å². The first kappa shape index (κ1) is 31.3. The van der Waals surface area contributed by atoms with Gasteiger partial charge in [-0.05, 0) is 94.8 Å². The second-order valence-electron chi connectivity index (χ2n) is 13.1. The van der Waals surface area contributed by atoms with Crippen LogP contribution in [0.25, 0.3) is 27.7 Å². The van der Waals surface area contributed by atoms with Gasteiger partial charge in [-0.1, -0.05) is 70.0 Å². The number of carbonyl (C=O) groups excluding carboxylic acids is 2. The second-order valence-corrected chi connectivity index (χ2v) is 14.4. The van der Waals surface area contributed by atoms with Crippen LogP contribution in [0.1, 0.15) is 67.9 Å². The monoisotopic (exact) mass is 686 g/mol. The van der Waals surface area contributed by atoms with Crippen molar-refractivity contribution < 1.29 is 19.1 Å². The number of hydrogen-bond acceptors (Lipinski definition) is 5. The largest absolute Gasteiger partial charge is 0.496 e. The molecule has 0 atom stereocenters. The van der Waals surface area contributed by atoms with E-state index in [2.05, 4.69) is 21.2 Å². The molecule has 4 aromatic rings. The number of hydrogen-bond donors (Lipinski definition) is 1. The van der Waals surface area contributed by atoms with Gasteiger partial charge in [0.15, 0.2) is 0 Å². The van der Waals surface area contributed by atoms with Crippen molar-refractivity contribution in [2.24, 2.45) is 5.41 Å². The molecular formula is C37H36BrClN2O4. The Bertz CT molecular complexity index is 1850. The summed E-state index contributed by atoms with van der Waals surface area (Å²) in [6.45, 7) is 7.58. The quantitative estimate of drug-likeness (QED) is 0.205. The summed E-state index contributed by atoms with van der Waals surface area (Å²) in [5, 5.41) is 4.73. The van der Waals surface area contributed by atoms with Crippen LogP contribution in [0, 0.1) is 12.3 Å². The molecule has 6 nitrogen and oxygen atoms in total. The molecule has 0 unspecified atom stereocenters. The van der Waals surface area contributed by atoms with Gasteiger partial charge in [0.05, 0.1) is 39.9 Å². The van der Waals surface area contributed by atoms with Gasteiger partial charge in [-0.2, -0.15) is 0 Å². The number of aromatic nitrogens is 1. The minimum atomic E-state index is -0.829. The average molecular weight is 688 g/mol. The number of nitrogens with zero attached hydrogens (tertiary/aromatic N) is 1. The summed E-state index contributed by atoms with van der Waals surface area (Å²) in [4.78, 5) is 33.4. The molecule has 1 saturated carbocycles. The van der Waals surface area contributed by atoms with Gasteiger partial charge in [0, 0.05) is 21.0 Å². The fourth-order valence-corrected chi connectivity index (χ4v) is 7.44. The zero-order valence-electron chi connectivity index (χ0n) is 26.1. The molecule has 3 aliphatic carbocycles. The van der Waals surface area contributed by atoms with E-state index in [1.165, 1.54) is 0 Å². The molecule has 0 radical (unpaired) electrons. The number of rotatable bonds is 6. The highest BCUT2D eigenvalue weighted by molar-refractivity contribution is 9.10. The molecule has 0 aliphatic heterocycles. The Hall–Kier alpha value is -3.68. The summed E-state index contributed by atoms with van der Waals surface area (Å²) >= 11 is 10.5. The molecule has 45 heavy (non-hydrogen) atoms. The smallest absolute Gasteiger partial charge is 0.316 e. The van der Waals surface area contributed by atoms with Gasteiger partial charge in [0.25, 0.3) is 5.91 Å². The van der Waals surface area contributed by atoms with Crippen molar-refractivity contribution in [3.05, 3.63) is 99.0 Å². The normalized spacial score (nSPS) is 20.9. The van der Waals surface area contributed by atoms with Gasteiger partial charge in [-0.15, -0.1) is 0 Å². The van der Waals surface area contributed by atoms with E-state index in [1.807, 2.05) is 101 Å². The Morgan fingerprint density at radius 2 is 1.69 bits per heavy atom. The lowest BCUT2D eigenvalue weighted by Gasteiger charge is -2.52. The number of benzene rings is 3. The number of ether oxygens (including phenoxy) is 2. The third kappa shape index (κ3) is 5.66. The average Bonchev–Trinajstić information content (AvgIpc) is 3.00. The fraction of sp³-hybridized carbons (Fsp3) is 0.324. The molecule has 232 valence electrons. The van der Waals surface area contributed by atoms with Crippen LogP contribution in [-0.2, 0) is 9.53 Å². The summed E-state index contributed by atoms with van der Waals surface area (Å²) in [5.41, 5.74) is 2.98. The molecule has 1 heterocycles. The molecule has 7 rings (SSSR count). The van der Waals surface area contributed by atoms with Crippen molar-refractivity contribution in [3.63, 3.8) is 0 Å². The zero-order chi connectivity index (χ0) is 32.1. The number of nitrogens with one attached hydrogen (secondary N) is 1. The number of amides is 1. The highest BCUT2D eigenvalue weighted by atomic mass is 79.9. The van der Waals surface area contributed by atoms with Crippen LogP contribution >= 0.6 is 27.5 Å². The fourth-order valence-electron chi connectivity index (χ4n) is 6.81. The number of methoxy groups -OCH3 is 1. The molecule has 0 spiro atoms. The molecular weight excluding hydrogens is 652 g/mol. The maximum absolute atomic E-state index is 14.7. The Morgan fingerprint density at radius 1 is 0.978 bits per heavy atom. The molecule has 3 aliphatic rings. The van der Waals surface area contributed by atoms with E-state index in [9.17, 15) is 9.59 Å². The Balaban J connectivity index is 1.51. The minimum absolute atomic E-state index is 0.209. The van der Waals surface area contributed by atoms with Crippen LogP contribution in [0.15, 0.2) is 77.3 Å². The minimum Gasteiger partial charge on any atom is -0.496 e. The van der Waals surface area contributed by atoms with Crippen molar-refractivity contribution in [2.75, 3.05) is 7.11 Å². The van der Waals surface area contributed by atoms with Crippen molar-refractivity contribution in [2.45, 2.75) is 64.5 Å². The van der Waals surface area contributed by atoms with E-state index < -0.39 is 16.6 Å². The van der Waals surface area contributed by atoms with Gasteiger partial charge in [0.2, 0.25) is 0 Å². The first-order valence-corrected chi connectivity index (χ1v) is 16.3. The Kier molecular flexibility index (Phi) is 8.07. The highest BCUT2D eigenvalue weighted by Gasteiger charge is 2.55. The van der Waals surface area contributed by atoms with E-state index >= 15 is 0 Å². The number of halogens is 2. The summed E-state index contributed by atoms with van der Waals surface area (Å²) in [7, 11) is 1.60. The highest BCUT2D eigenvalue weighted by Crippen LogP contribution is 2.57. The standard InChI is InChI=1S/C37H36BrClN2O4/c1-22-30(25-20-24(38)14-15-28(25)40-32(22)23-10-7-6-8-11-23)33(42)41-37-18-16-36(17-19-37,34(43)45-35(2,3)4)21-26(37)31-27(39)12-9-13-29(31)44-5/h6-15,20-21H,16-19H2,1-5H3,(H,41,42). The van der Waals surface area contributed by atoms with E-state index in [0.29, 0.717) is 47.6 Å². The van der Waals surface area contributed by atoms with E-state index in [0.717, 1.165) is 37.8 Å². The first-order valence-electron chi connectivity index (χ1n) is 15.1. The summed E-state index contributed by atoms with van der Waals surface area (Å²) in [6.07, 6.45) is 4.14. The molecule has 0 saturated heterocycles. The van der Waals surface area contributed by atoms with Crippen molar-refractivity contribution in [1.29, 1.82) is 0 Å². The van der Waals surface area contributed by atoms with Gasteiger partial charge in [0.1, 0.15) is 11.4 Å². The Morgan fingerprint density at radius 3 is 2.36 bits per heavy atom. The van der Waals surface area contributed by atoms with Gasteiger partial charge in [-0.25, -0.2) is 4.98 Å². The van der Waals surface area contributed by atoms with Crippen LogP contribution in [0.4, 0.5) is 0 Å². The number of pyridine rings is 1. The summed E-state index contributed by atoms with van der Waals surface area (Å²) in [5.74, 6) is 0.111. The van der Waals surface area contributed by atoms with Crippen molar-refractivity contribution in [3.8, 4) is 17.0 Å². The maximum Gasteiger partial charge on any atom is 0.316 e. The van der Waals surface area contributed by atoms with Crippen molar-refractivity contribution in [1.82, 2.24) is 10.3 Å². The molecule has 1 N–H and O–H groups in total. The molecule has 3 aromatic carbocycles. The number of fused-ring (bicyclic) bond motifs is 3. The van der Waals surface area contributed by atoms with Crippen LogP contribution < -0.4 is 10.1 Å². The lowest BCUT2D eigenvalue weighted by atomic mass is 9.57. The van der Waals surface area contributed by atoms with Crippen LogP contribution in [0.3, 0.4) is 0 Å². The predicted molar refractivity (Wildman–Crippen MR) is 183 cm³/mol. The Labute approximate surface area is 277 Å². The second kappa shape index (κ2) is 11.6. The van der Waals surface area contributed by atoms with Crippen LogP contribution in [0.5, 0.6) is 5.75 Å². The summed E-state index contributed by atoms with van der Waals surface area (Å²) in [6, 6.07) is 21.2. The zero-order valence-corrected chi connectivity index (χ0v) is 28.4. The van der Waals surface area contributed by atoms with E-state index in [1.54, 1.807) is 7.11 Å². The van der Waals surface area contributed by atoms with Gasteiger partial charge >= 0.3 is 5.97 Å². The van der Waals surface area contributed by atoms with Crippen LogP contribution in [0.2, 0.25) is 5.02 Å². The first-order chi connectivity index (χ1) is 21.4. The molecule has 1 aromatic heterocycles.